The van der Waals surface area contributed by atoms with Gasteiger partial charge in [-0.1, -0.05) is 24.3 Å². The lowest BCUT2D eigenvalue weighted by molar-refractivity contribution is 1.12. The highest BCUT2D eigenvalue weighted by Gasteiger charge is 2.22. The lowest BCUT2D eigenvalue weighted by atomic mass is 10.0. The molecule has 0 spiro atoms. The van der Waals surface area contributed by atoms with Gasteiger partial charge in [-0.2, -0.15) is 0 Å². The summed E-state index contributed by atoms with van der Waals surface area (Å²) in [5, 5.41) is 5.06. The molecule has 5 nitrogen and oxygen atoms in total. The SMILES string of the molecule is Cc1cc2c3cc(C)c(C)cc3n(-c3cc(N(c4ccc(-c5ccncc5)cc4)c4ccc(-c5ccncc5)cc4)cc(-n4c5cc(C)c(C)cc5c5cc(C)c(C)cc54)c3)c2cc1C. The van der Waals surface area contributed by atoms with Gasteiger partial charge in [-0.15, -0.1) is 0 Å². The predicted octanol–water partition coefficient (Wildman–Crippen LogP) is 15.9. The Balaban J connectivity index is 1.24. The van der Waals surface area contributed by atoms with Crippen molar-refractivity contribution in [3.05, 3.63) is 209 Å². The molecule has 65 heavy (non-hydrogen) atoms. The van der Waals surface area contributed by atoms with Crippen molar-refractivity contribution in [3.63, 3.8) is 0 Å². The van der Waals surface area contributed by atoms with Crippen LogP contribution in [0.15, 0.2) is 164 Å². The molecule has 0 unspecified atom stereocenters. The molecular formula is C60H51N5. The van der Waals surface area contributed by atoms with E-state index in [4.69, 9.17) is 0 Å². The topological polar surface area (TPSA) is 38.9 Å². The Hall–Kier alpha value is -7.76. The molecule has 11 rings (SSSR count). The standard InChI is InChI=1S/C60H51N5/c1-36-25-53-54-26-37(2)41(6)30-58(54)64(57(53)29-40(36)5)51-33-50(34-52(35-51)65-59-31-42(7)38(3)27-55(59)56-28-39(4)43(8)32-60(56)65)63(48-13-9-44(10-14-48)46-17-21-61-22-18-46)49-15-11-45(12-16-49)47-19-23-62-24-20-47/h9-35H,1-8H3. The fourth-order valence-corrected chi connectivity index (χ4v) is 9.73. The van der Waals surface area contributed by atoms with Gasteiger partial charge in [0.2, 0.25) is 0 Å². The van der Waals surface area contributed by atoms with E-state index in [1.54, 1.807) is 0 Å². The quantitative estimate of drug-likeness (QED) is 0.160. The zero-order valence-corrected chi connectivity index (χ0v) is 38.3. The summed E-state index contributed by atoms with van der Waals surface area (Å²) < 4.78 is 5.01. The zero-order valence-electron chi connectivity index (χ0n) is 38.3. The molecule has 0 aliphatic heterocycles. The summed E-state index contributed by atoms with van der Waals surface area (Å²) >= 11 is 0. The molecule has 0 amide bonds. The molecule has 4 heterocycles. The number of benzene rings is 7. The summed E-state index contributed by atoms with van der Waals surface area (Å²) in [6.45, 7) is 17.8. The van der Waals surface area contributed by atoms with E-state index in [2.05, 4.69) is 219 Å². The number of aryl methyl sites for hydroxylation is 8. The van der Waals surface area contributed by atoms with E-state index in [0.29, 0.717) is 0 Å². The van der Waals surface area contributed by atoms with Crippen molar-refractivity contribution in [1.29, 1.82) is 0 Å². The molecule has 0 N–H and O–H groups in total. The highest BCUT2D eigenvalue weighted by atomic mass is 15.1. The Morgan fingerprint density at radius 1 is 0.292 bits per heavy atom. The molecule has 0 saturated carbocycles. The second-order valence-corrected chi connectivity index (χ2v) is 18.1. The van der Waals surface area contributed by atoms with Crippen LogP contribution in [0.25, 0.3) is 77.2 Å². The fraction of sp³-hybridized carbons (Fsp3) is 0.133. The summed E-state index contributed by atoms with van der Waals surface area (Å²) in [6, 6.07) is 52.4. The molecule has 7 aromatic carbocycles. The number of fused-ring (bicyclic) bond motifs is 6. The molecule has 4 aromatic heterocycles. The highest BCUT2D eigenvalue weighted by molar-refractivity contribution is 6.12. The van der Waals surface area contributed by atoms with Crippen LogP contribution < -0.4 is 4.90 Å². The second-order valence-electron chi connectivity index (χ2n) is 18.1. The van der Waals surface area contributed by atoms with Gasteiger partial charge in [-0.05, 0) is 237 Å². The Morgan fingerprint density at radius 2 is 0.569 bits per heavy atom. The molecular weight excluding hydrogens is 791 g/mol. The lowest BCUT2D eigenvalue weighted by Gasteiger charge is -2.28. The van der Waals surface area contributed by atoms with Crippen molar-refractivity contribution in [2.75, 3.05) is 4.90 Å². The molecule has 0 bridgehead atoms. The van der Waals surface area contributed by atoms with Crippen LogP contribution in [-0.4, -0.2) is 19.1 Å². The summed E-state index contributed by atoms with van der Waals surface area (Å²) in [5.41, 5.74) is 25.0. The summed E-state index contributed by atoms with van der Waals surface area (Å²) in [6.07, 6.45) is 7.42. The summed E-state index contributed by atoms with van der Waals surface area (Å²) in [4.78, 5) is 11.0. The average Bonchev–Trinajstić information content (AvgIpc) is 3.77. The zero-order chi connectivity index (χ0) is 44.7. The monoisotopic (exact) mass is 841 g/mol. The maximum atomic E-state index is 4.28. The van der Waals surface area contributed by atoms with Crippen molar-refractivity contribution < 1.29 is 0 Å². The van der Waals surface area contributed by atoms with Gasteiger partial charge in [-0.3, -0.25) is 9.97 Å². The Labute approximate surface area is 380 Å². The van der Waals surface area contributed by atoms with Gasteiger partial charge in [0.1, 0.15) is 0 Å². The van der Waals surface area contributed by atoms with Crippen LogP contribution in [0.2, 0.25) is 0 Å². The van der Waals surface area contributed by atoms with Crippen LogP contribution in [0.3, 0.4) is 0 Å². The third-order valence-corrected chi connectivity index (χ3v) is 13.9. The van der Waals surface area contributed by atoms with Crippen molar-refractivity contribution in [2.45, 2.75) is 55.4 Å². The highest BCUT2D eigenvalue weighted by Crippen LogP contribution is 2.43. The minimum Gasteiger partial charge on any atom is -0.310 e. The van der Waals surface area contributed by atoms with Crippen LogP contribution in [0.4, 0.5) is 17.1 Å². The fourth-order valence-electron chi connectivity index (χ4n) is 9.73. The first-order chi connectivity index (χ1) is 31.5. The Morgan fingerprint density at radius 3 is 0.877 bits per heavy atom. The van der Waals surface area contributed by atoms with Crippen LogP contribution >= 0.6 is 0 Å². The third kappa shape index (κ3) is 6.78. The number of nitrogens with zero attached hydrogens (tertiary/aromatic N) is 5. The van der Waals surface area contributed by atoms with Gasteiger partial charge >= 0.3 is 0 Å². The molecule has 0 radical (unpaired) electrons. The van der Waals surface area contributed by atoms with Gasteiger partial charge in [-0.25, -0.2) is 0 Å². The van der Waals surface area contributed by atoms with Crippen LogP contribution in [0, 0.1) is 55.4 Å². The third-order valence-electron chi connectivity index (χ3n) is 13.9. The molecule has 0 fully saturated rings. The number of anilines is 3. The number of aromatic nitrogens is 4. The minimum absolute atomic E-state index is 1.05. The summed E-state index contributed by atoms with van der Waals surface area (Å²) in [5.74, 6) is 0. The van der Waals surface area contributed by atoms with Crippen molar-refractivity contribution >= 4 is 60.7 Å². The van der Waals surface area contributed by atoms with Gasteiger partial charge in [0, 0.05) is 57.7 Å². The Kier molecular flexibility index (Phi) is 9.55. The smallest absolute Gasteiger partial charge is 0.0543 e. The van der Waals surface area contributed by atoms with E-state index in [1.165, 1.54) is 88.1 Å². The molecule has 0 atom stereocenters. The van der Waals surface area contributed by atoms with E-state index in [0.717, 1.165) is 50.7 Å². The summed E-state index contributed by atoms with van der Waals surface area (Å²) in [7, 11) is 0. The first kappa shape index (κ1) is 40.0. The van der Waals surface area contributed by atoms with Gasteiger partial charge in [0.15, 0.2) is 0 Å². The van der Waals surface area contributed by atoms with Crippen LogP contribution in [0.1, 0.15) is 44.5 Å². The van der Waals surface area contributed by atoms with Gasteiger partial charge in [0.25, 0.3) is 0 Å². The second kappa shape index (κ2) is 15.5. The van der Waals surface area contributed by atoms with E-state index in [1.807, 2.05) is 24.8 Å². The molecule has 11 aromatic rings. The molecule has 0 saturated heterocycles. The van der Waals surface area contributed by atoms with Crippen molar-refractivity contribution in [3.8, 4) is 33.6 Å². The minimum atomic E-state index is 1.05. The van der Waals surface area contributed by atoms with E-state index < -0.39 is 0 Å². The maximum absolute atomic E-state index is 4.28. The molecule has 5 heteroatoms. The number of hydrogen-bond donors (Lipinski definition) is 0. The predicted molar refractivity (Wildman–Crippen MR) is 274 cm³/mol. The van der Waals surface area contributed by atoms with Crippen LogP contribution in [-0.2, 0) is 0 Å². The lowest BCUT2D eigenvalue weighted by Crippen LogP contribution is -2.12. The normalized spacial score (nSPS) is 11.7. The average molecular weight is 842 g/mol. The Bertz CT molecular complexity index is 3280. The number of pyridine rings is 2. The van der Waals surface area contributed by atoms with E-state index in [9.17, 15) is 0 Å². The number of rotatable bonds is 7. The van der Waals surface area contributed by atoms with Crippen LogP contribution in [0.5, 0.6) is 0 Å². The van der Waals surface area contributed by atoms with Crippen molar-refractivity contribution in [1.82, 2.24) is 19.1 Å². The molecule has 316 valence electrons. The first-order valence-electron chi connectivity index (χ1n) is 22.5. The largest absolute Gasteiger partial charge is 0.310 e. The number of hydrogen-bond acceptors (Lipinski definition) is 3. The van der Waals surface area contributed by atoms with Crippen molar-refractivity contribution in [2.24, 2.45) is 0 Å². The van der Waals surface area contributed by atoms with E-state index >= 15 is 0 Å². The van der Waals surface area contributed by atoms with Gasteiger partial charge in [0.05, 0.1) is 39.1 Å². The molecule has 0 aliphatic carbocycles. The molecule has 0 aliphatic rings. The van der Waals surface area contributed by atoms with Gasteiger partial charge < -0.3 is 14.0 Å². The van der Waals surface area contributed by atoms with E-state index in [-0.39, 0.29) is 0 Å². The maximum Gasteiger partial charge on any atom is 0.0543 e. The first-order valence-corrected chi connectivity index (χ1v) is 22.5.